The Labute approximate surface area is 136 Å². The smallest absolute Gasteiger partial charge is 0.0955 e. The first kappa shape index (κ1) is 14.4. The summed E-state index contributed by atoms with van der Waals surface area (Å²) in [6, 6.07) is 11.1. The highest BCUT2D eigenvalue weighted by Gasteiger charge is 2.24. The lowest BCUT2D eigenvalue weighted by molar-refractivity contribution is 0.153. The number of benzene rings is 1. The molecule has 1 atom stereocenters. The van der Waals surface area contributed by atoms with Gasteiger partial charge in [-0.25, -0.2) is 4.98 Å². The number of hydrogen-bond acceptors (Lipinski definition) is 4. The van der Waals surface area contributed by atoms with Crippen molar-refractivity contribution in [2.24, 2.45) is 7.05 Å². The number of rotatable bonds is 3. The number of fused-ring (bicyclic) bond motifs is 1. The van der Waals surface area contributed by atoms with Crippen LogP contribution >= 0.6 is 0 Å². The number of aryl methyl sites for hydroxylation is 1. The molecule has 1 aliphatic heterocycles. The molecule has 1 unspecified atom stereocenters. The molecule has 1 aliphatic rings. The summed E-state index contributed by atoms with van der Waals surface area (Å²) in [5.74, 6) is 0. The largest absolute Gasteiger partial charge is 0.334 e. The van der Waals surface area contributed by atoms with Crippen molar-refractivity contribution >= 4 is 11.0 Å². The average Bonchev–Trinajstić information content (AvgIpc) is 2.97. The van der Waals surface area contributed by atoms with Gasteiger partial charge in [-0.15, -0.1) is 0 Å². The highest BCUT2D eigenvalue weighted by molar-refractivity contribution is 5.75. The van der Waals surface area contributed by atoms with Crippen LogP contribution in [0.1, 0.15) is 17.2 Å². The minimum Gasteiger partial charge on any atom is -0.334 e. The summed E-state index contributed by atoms with van der Waals surface area (Å²) < 4.78 is 2.06. The van der Waals surface area contributed by atoms with Crippen LogP contribution in [0.4, 0.5) is 0 Å². The topological polar surface area (TPSA) is 46.0 Å². The van der Waals surface area contributed by atoms with Gasteiger partial charge in [0.1, 0.15) is 0 Å². The van der Waals surface area contributed by atoms with Gasteiger partial charge < -0.3 is 9.88 Å². The fraction of sp³-hybridized carbons (Fsp3) is 0.333. The number of nitrogens with one attached hydrogen (secondary N) is 1. The lowest BCUT2D eigenvalue weighted by Gasteiger charge is -2.36. The molecule has 0 saturated carbocycles. The molecule has 0 aliphatic carbocycles. The third-order valence-electron chi connectivity index (χ3n) is 4.60. The Hall–Kier alpha value is -2.24. The molecule has 0 radical (unpaired) electrons. The first-order valence-electron chi connectivity index (χ1n) is 8.06. The molecule has 0 amide bonds. The summed E-state index contributed by atoms with van der Waals surface area (Å²) in [5, 5.41) is 3.50. The molecule has 0 bridgehead atoms. The molecule has 4 rings (SSSR count). The lowest BCUT2D eigenvalue weighted by atomic mass is 10.0. The van der Waals surface area contributed by atoms with E-state index in [1.165, 1.54) is 16.6 Å². The van der Waals surface area contributed by atoms with E-state index < -0.39 is 0 Å². The quantitative estimate of drug-likeness (QED) is 0.805. The van der Waals surface area contributed by atoms with E-state index in [2.05, 4.69) is 49.0 Å². The Kier molecular flexibility index (Phi) is 3.81. The zero-order valence-corrected chi connectivity index (χ0v) is 13.3. The van der Waals surface area contributed by atoms with E-state index in [-0.39, 0.29) is 0 Å². The summed E-state index contributed by atoms with van der Waals surface area (Å²) in [7, 11) is 2.03. The minimum absolute atomic E-state index is 0.372. The Morgan fingerprint density at radius 2 is 2.26 bits per heavy atom. The van der Waals surface area contributed by atoms with Crippen LogP contribution in [0.2, 0.25) is 0 Å². The van der Waals surface area contributed by atoms with Gasteiger partial charge in [-0.2, -0.15) is 0 Å². The molecule has 2 aromatic heterocycles. The maximum atomic E-state index is 4.47. The van der Waals surface area contributed by atoms with Crippen LogP contribution in [0.5, 0.6) is 0 Å². The second kappa shape index (κ2) is 6.10. The van der Waals surface area contributed by atoms with Gasteiger partial charge in [0, 0.05) is 51.7 Å². The maximum Gasteiger partial charge on any atom is 0.0955 e. The van der Waals surface area contributed by atoms with Crippen molar-refractivity contribution in [2.75, 3.05) is 19.6 Å². The molecule has 5 nitrogen and oxygen atoms in total. The molecular weight excluding hydrogens is 286 g/mol. The third-order valence-corrected chi connectivity index (χ3v) is 4.60. The van der Waals surface area contributed by atoms with Gasteiger partial charge in [0.15, 0.2) is 0 Å². The van der Waals surface area contributed by atoms with Crippen LogP contribution in [0, 0.1) is 0 Å². The monoisotopic (exact) mass is 307 g/mol. The molecule has 3 heterocycles. The highest BCUT2D eigenvalue weighted by Crippen LogP contribution is 2.24. The molecular formula is C18H21N5. The number of pyridine rings is 1. The van der Waals surface area contributed by atoms with Crippen molar-refractivity contribution in [1.82, 2.24) is 24.8 Å². The summed E-state index contributed by atoms with van der Waals surface area (Å²) in [6.45, 7) is 3.98. The van der Waals surface area contributed by atoms with Gasteiger partial charge in [-0.05, 0) is 29.3 Å². The third kappa shape index (κ3) is 2.85. The van der Waals surface area contributed by atoms with Crippen molar-refractivity contribution in [3.63, 3.8) is 0 Å². The maximum absolute atomic E-state index is 4.47. The van der Waals surface area contributed by atoms with Gasteiger partial charge in [-0.3, -0.25) is 9.88 Å². The predicted octanol–water partition coefficient (Wildman–Crippen LogP) is 2.11. The molecule has 3 aromatic rings. The zero-order valence-electron chi connectivity index (χ0n) is 13.3. The van der Waals surface area contributed by atoms with E-state index in [9.17, 15) is 0 Å². The van der Waals surface area contributed by atoms with E-state index in [4.69, 9.17) is 0 Å². The van der Waals surface area contributed by atoms with Crippen molar-refractivity contribution in [3.8, 4) is 0 Å². The van der Waals surface area contributed by atoms with Gasteiger partial charge in [0.05, 0.1) is 17.4 Å². The molecule has 5 heteroatoms. The normalized spacial score (nSPS) is 19.3. The number of nitrogens with zero attached hydrogens (tertiary/aromatic N) is 4. The van der Waals surface area contributed by atoms with Crippen molar-refractivity contribution in [2.45, 2.75) is 12.6 Å². The second-order valence-electron chi connectivity index (χ2n) is 6.16. The van der Waals surface area contributed by atoms with Crippen molar-refractivity contribution in [1.29, 1.82) is 0 Å². The van der Waals surface area contributed by atoms with Crippen LogP contribution in [0.15, 0.2) is 49.1 Å². The van der Waals surface area contributed by atoms with Crippen LogP contribution in [-0.4, -0.2) is 39.1 Å². The van der Waals surface area contributed by atoms with E-state index in [1.54, 1.807) is 0 Å². The summed E-state index contributed by atoms with van der Waals surface area (Å²) in [6.07, 6.45) is 5.68. The molecule has 1 fully saturated rings. The number of piperazine rings is 1. The summed E-state index contributed by atoms with van der Waals surface area (Å²) in [4.78, 5) is 11.3. The second-order valence-corrected chi connectivity index (χ2v) is 6.16. The van der Waals surface area contributed by atoms with Gasteiger partial charge >= 0.3 is 0 Å². The van der Waals surface area contributed by atoms with Gasteiger partial charge in [0.2, 0.25) is 0 Å². The number of imidazole rings is 1. The van der Waals surface area contributed by atoms with Crippen LogP contribution in [0.3, 0.4) is 0 Å². The summed E-state index contributed by atoms with van der Waals surface area (Å²) in [5.41, 5.74) is 4.83. The highest BCUT2D eigenvalue weighted by atomic mass is 15.2. The van der Waals surface area contributed by atoms with Crippen LogP contribution < -0.4 is 5.32 Å². The Bertz CT molecular complexity index is 796. The van der Waals surface area contributed by atoms with E-state index in [0.717, 1.165) is 31.7 Å². The minimum atomic E-state index is 0.372. The van der Waals surface area contributed by atoms with E-state index in [0.29, 0.717) is 6.04 Å². The zero-order chi connectivity index (χ0) is 15.6. The van der Waals surface area contributed by atoms with Gasteiger partial charge in [-0.1, -0.05) is 12.1 Å². The SMILES string of the molecule is Cn1cnc2cc(CN3CCNCC3c3cccnc3)ccc21. The fourth-order valence-electron chi connectivity index (χ4n) is 3.35. The molecule has 0 spiro atoms. The van der Waals surface area contributed by atoms with Gasteiger partial charge in [0.25, 0.3) is 0 Å². The molecule has 1 aromatic carbocycles. The Morgan fingerprint density at radius 3 is 3.13 bits per heavy atom. The standard InChI is InChI=1S/C18H21N5/c1-22-13-21-16-9-14(4-5-17(16)22)12-23-8-7-20-11-18(23)15-3-2-6-19-10-15/h2-6,9-10,13,18,20H,7-8,11-12H2,1H3. The Morgan fingerprint density at radius 1 is 1.30 bits per heavy atom. The molecule has 118 valence electrons. The van der Waals surface area contributed by atoms with Crippen molar-refractivity contribution in [3.05, 3.63) is 60.2 Å². The molecule has 1 N–H and O–H groups in total. The molecule has 1 saturated heterocycles. The van der Waals surface area contributed by atoms with Crippen LogP contribution in [0.25, 0.3) is 11.0 Å². The van der Waals surface area contributed by atoms with Crippen molar-refractivity contribution < 1.29 is 0 Å². The predicted molar refractivity (Wildman–Crippen MR) is 91.0 cm³/mol. The Balaban J connectivity index is 1.59. The fourth-order valence-corrected chi connectivity index (χ4v) is 3.35. The van der Waals surface area contributed by atoms with Crippen LogP contribution in [-0.2, 0) is 13.6 Å². The van der Waals surface area contributed by atoms with E-state index >= 15 is 0 Å². The molecule has 23 heavy (non-hydrogen) atoms. The average molecular weight is 307 g/mol. The lowest BCUT2D eigenvalue weighted by Crippen LogP contribution is -2.45. The number of hydrogen-bond donors (Lipinski definition) is 1. The first-order chi connectivity index (χ1) is 11.3. The number of aromatic nitrogens is 3. The van der Waals surface area contributed by atoms with E-state index in [1.807, 2.05) is 31.8 Å². The summed E-state index contributed by atoms with van der Waals surface area (Å²) >= 11 is 0. The first-order valence-corrected chi connectivity index (χ1v) is 8.06.